The van der Waals surface area contributed by atoms with Crippen molar-refractivity contribution in [3.63, 3.8) is 0 Å². The van der Waals surface area contributed by atoms with E-state index in [9.17, 15) is 19.1 Å². The van der Waals surface area contributed by atoms with E-state index >= 15 is 0 Å². The third-order valence-electron chi connectivity index (χ3n) is 4.11. The summed E-state index contributed by atoms with van der Waals surface area (Å²) in [4.78, 5) is 24.2. The maximum Gasteiger partial charge on any atom is 0.342 e. The highest BCUT2D eigenvalue weighted by atomic mass is 32.1. The molecule has 5 nitrogen and oxygen atoms in total. The molecule has 4 aromatic rings. The van der Waals surface area contributed by atoms with Gasteiger partial charge >= 0.3 is 5.97 Å². The Kier molecular flexibility index (Phi) is 3.16. The van der Waals surface area contributed by atoms with E-state index in [1.54, 1.807) is 28.7 Å². The highest BCUT2D eigenvalue weighted by Gasteiger charge is 2.22. The number of hydrogen-bond donors (Lipinski definition) is 2. The Morgan fingerprint density at radius 3 is 2.52 bits per heavy atom. The first-order valence-corrected chi connectivity index (χ1v) is 8.08. The molecular formula is C18H11FN2O3S. The third-order valence-corrected chi connectivity index (χ3v) is 5.11. The molecule has 3 N–H and O–H groups in total. The molecule has 0 unspecified atom stereocenters. The average Bonchev–Trinajstić information content (AvgIpc) is 2.55. The Morgan fingerprint density at radius 2 is 1.92 bits per heavy atom. The van der Waals surface area contributed by atoms with E-state index in [4.69, 9.17) is 5.73 Å². The summed E-state index contributed by atoms with van der Waals surface area (Å²) in [6.45, 7) is 3.84. The Bertz CT molecular complexity index is 1270. The van der Waals surface area contributed by atoms with E-state index in [1.807, 2.05) is 0 Å². The first-order valence-electron chi connectivity index (χ1n) is 7.27. The molecule has 0 aliphatic carbocycles. The minimum Gasteiger partial charge on any atom is -0.477 e. The Hall–Kier alpha value is -3.19. The number of halogens is 1. The summed E-state index contributed by atoms with van der Waals surface area (Å²) >= 11 is 1.12. The van der Waals surface area contributed by atoms with E-state index in [1.165, 1.54) is 6.07 Å². The number of fused-ring (bicyclic) bond motifs is 3. The maximum atomic E-state index is 14.6. The number of anilines is 1. The Labute approximate surface area is 144 Å². The smallest absolute Gasteiger partial charge is 0.342 e. The molecule has 0 fully saturated rings. The fraction of sp³-hybridized carbons (Fsp3) is 0. The monoisotopic (exact) mass is 354 g/mol. The van der Waals surface area contributed by atoms with Crippen LogP contribution in [0.5, 0.6) is 0 Å². The molecule has 7 heteroatoms. The average molecular weight is 354 g/mol. The van der Waals surface area contributed by atoms with Crippen LogP contribution in [0.4, 0.5) is 10.1 Å². The highest BCUT2D eigenvalue weighted by Crippen LogP contribution is 2.29. The minimum atomic E-state index is -1.33. The maximum absolute atomic E-state index is 14.6. The van der Waals surface area contributed by atoms with Crippen LogP contribution in [-0.4, -0.2) is 15.5 Å². The second-order valence-electron chi connectivity index (χ2n) is 5.62. The Morgan fingerprint density at radius 1 is 1.24 bits per heavy atom. The zero-order valence-electron chi connectivity index (χ0n) is 12.7. The summed E-state index contributed by atoms with van der Waals surface area (Å²) in [6, 6.07) is 9.31. The molecule has 0 saturated carbocycles. The number of carbonyl (C=O) groups is 1. The lowest BCUT2D eigenvalue weighted by molar-refractivity contribution is 0.0697. The van der Waals surface area contributed by atoms with Gasteiger partial charge in [-0.1, -0.05) is 30.0 Å². The second-order valence-corrected chi connectivity index (χ2v) is 6.68. The molecule has 4 rings (SSSR count). The number of nitrogens with zero attached hydrogens (tertiary/aromatic N) is 1. The molecule has 0 spiro atoms. The van der Waals surface area contributed by atoms with E-state index < -0.39 is 17.2 Å². The van der Waals surface area contributed by atoms with Crippen LogP contribution >= 0.6 is 11.3 Å². The number of benzene rings is 2. The number of aromatic nitrogens is 1. The molecule has 2 heterocycles. The van der Waals surface area contributed by atoms with Crippen LogP contribution in [0.1, 0.15) is 10.4 Å². The molecule has 2 aromatic carbocycles. The van der Waals surface area contributed by atoms with Gasteiger partial charge in [-0.3, -0.25) is 9.20 Å². The van der Waals surface area contributed by atoms with Crippen molar-refractivity contribution in [1.82, 2.24) is 4.40 Å². The van der Waals surface area contributed by atoms with Crippen LogP contribution in [-0.2, 0) is 0 Å². The topological polar surface area (TPSA) is 84.8 Å². The van der Waals surface area contributed by atoms with E-state index in [0.717, 1.165) is 17.4 Å². The van der Waals surface area contributed by atoms with Gasteiger partial charge < -0.3 is 10.8 Å². The summed E-state index contributed by atoms with van der Waals surface area (Å²) in [5.74, 6) is -1.94. The molecule has 0 bridgehead atoms. The molecule has 0 amide bonds. The number of carboxylic acids is 1. The van der Waals surface area contributed by atoms with Crippen molar-refractivity contribution in [2.24, 2.45) is 0 Å². The largest absolute Gasteiger partial charge is 0.477 e. The third kappa shape index (κ3) is 2.13. The molecule has 0 aliphatic heterocycles. The summed E-state index contributed by atoms with van der Waals surface area (Å²) in [5, 5.41) is 9.33. The number of carboxylic acid groups (broad SMARTS) is 1. The van der Waals surface area contributed by atoms with Crippen LogP contribution < -0.4 is 15.8 Å². The molecular weight excluding hydrogens is 343 g/mol. The molecule has 0 atom stereocenters. The van der Waals surface area contributed by atoms with Gasteiger partial charge in [0.15, 0.2) is 0 Å². The Balaban J connectivity index is 2.13. The van der Waals surface area contributed by atoms with Gasteiger partial charge in [0.25, 0.3) is 0 Å². The molecule has 0 aliphatic rings. The van der Waals surface area contributed by atoms with E-state index in [0.29, 0.717) is 31.8 Å². The van der Waals surface area contributed by atoms with Crippen LogP contribution in [0, 0.1) is 5.82 Å². The molecule has 0 radical (unpaired) electrons. The predicted molar refractivity (Wildman–Crippen MR) is 96.6 cm³/mol. The SMILES string of the molecule is C=c1sc2c(C(=O)O)c(=O)c3cc(F)c(-c4ccc(N)cc4)cc3n12. The first kappa shape index (κ1) is 15.3. The lowest BCUT2D eigenvalue weighted by Crippen LogP contribution is -2.25. The summed E-state index contributed by atoms with van der Waals surface area (Å²) in [6.07, 6.45) is 0. The minimum absolute atomic E-state index is 0.0132. The van der Waals surface area contributed by atoms with Crippen molar-refractivity contribution in [2.75, 3.05) is 5.73 Å². The molecule has 25 heavy (non-hydrogen) atoms. The van der Waals surface area contributed by atoms with Gasteiger partial charge in [0.1, 0.15) is 16.2 Å². The van der Waals surface area contributed by atoms with Crippen molar-refractivity contribution in [2.45, 2.75) is 0 Å². The fourth-order valence-electron chi connectivity index (χ4n) is 2.92. The van der Waals surface area contributed by atoms with Gasteiger partial charge in [0.2, 0.25) is 5.43 Å². The standard InChI is InChI=1S/C18H11FN2O3S/c1-8-21-14-7-11(9-2-4-10(20)5-3-9)13(19)6-12(14)16(22)15(18(23)24)17(21)25-8/h2-7H,1,20H2,(H,23,24). The van der Waals surface area contributed by atoms with Crippen molar-refractivity contribution in [1.29, 1.82) is 0 Å². The van der Waals surface area contributed by atoms with Gasteiger partial charge in [-0.05, 0) is 29.8 Å². The molecule has 124 valence electrons. The number of rotatable bonds is 2. The van der Waals surface area contributed by atoms with Crippen LogP contribution in [0.25, 0.3) is 33.4 Å². The first-order chi connectivity index (χ1) is 11.9. The zero-order chi connectivity index (χ0) is 17.9. The van der Waals surface area contributed by atoms with Crippen LogP contribution in [0.2, 0.25) is 0 Å². The van der Waals surface area contributed by atoms with Crippen LogP contribution in [0.3, 0.4) is 0 Å². The number of nitrogens with two attached hydrogens (primary N) is 1. The molecule has 2 aromatic heterocycles. The van der Waals surface area contributed by atoms with Gasteiger partial charge in [0, 0.05) is 16.6 Å². The van der Waals surface area contributed by atoms with Crippen molar-refractivity contribution < 1.29 is 14.3 Å². The summed E-state index contributed by atoms with van der Waals surface area (Å²) < 4.78 is 16.8. The summed E-state index contributed by atoms with van der Waals surface area (Å²) in [5.41, 5.74) is 6.50. The number of hydrogen-bond acceptors (Lipinski definition) is 4. The normalized spacial score (nSPS) is 11.4. The lowest BCUT2D eigenvalue weighted by Gasteiger charge is -2.14. The zero-order valence-corrected chi connectivity index (χ0v) is 13.6. The van der Waals surface area contributed by atoms with Gasteiger partial charge in [-0.15, -0.1) is 0 Å². The van der Waals surface area contributed by atoms with E-state index in [-0.39, 0.29) is 10.9 Å². The van der Waals surface area contributed by atoms with Gasteiger partial charge in [0.05, 0.1) is 10.2 Å². The van der Waals surface area contributed by atoms with Crippen molar-refractivity contribution in [3.05, 3.63) is 62.7 Å². The van der Waals surface area contributed by atoms with E-state index in [2.05, 4.69) is 6.58 Å². The predicted octanol–water partition coefficient (Wildman–Crippen LogP) is 2.73. The van der Waals surface area contributed by atoms with Crippen LogP contribution in [0.15, 0.2) is 41.2 Å². The summed E-state index contributed by atoms with van der Waals surface area (Å²) in [7, 11) is 0. The van der Waals surface area contributed by atoms with Crippen molar-refractivity contribution in [3.8, 4) is 11.1 Å². The number of nitrogen functional groups attached to an aromatic ring is 1. The van der Waals surface area contributed by atoms with Crippen molar-refractivity contribution >= 4 is 45.3 Å². The molecule has 0 saturated heterocycles. The number of aromatic carboxylic acids is 1. The highest BCUT2D eigenvalue weighted by molar-refractivity contribution is 7.17. The quantitative estimate of drug-likeness (QED) is 0.542. The lowest BCUT2D eigenvalue weighted by atomic mass is 10.0. The second kappa shape index (κ2) is 5.15. The van der Waals surface area contributed by atoms with Gasteiger partial charge in [-0.25, -0.2) is 9.18 Å². The number of pyridine rings is 1. The van der Waals surface area contributed by atoms with Gasteiger partial charge in [-0.2, -0.15) is 0 Å². The fourth-order valence-corrected chi connectivity index (χ4v) is 3.87.